The predicted octanol–water partition coefficient (Wildman–Crippen LogP) is 4.86. The SMILES string of the molecule is C[C@H](c1cccc(-c2ccc(Cl)c(C(=O)O)c2)c1)N1CCCC1. The van der Waals surface area contributed by atoms with Crippen LogP contribution in [0.1, 0.15) is 41.7 Å². The summed E-state index contributed by atoms with van der Waals surface area (Å²) in [5, 5.41) is 9.50. The van der Waals surface area contributed by atoms with Crippen molar-refractivity contribution in [3.8, 4) is 11.1 Å². The average Bonchev–Trinajstić information content (AvgIpc) is 3.09. The van der Waals surface area contributed by atoms with Crippen molar-refractivity contribution in [2.24, 2.45) is 0 Å². The topological polar surface area (TPSA) is 40.5 Å². The first kappa shape index (κ1) is 16.0. The number of halogens is 1. The zero-order valence-corrected chi connectivity index (χ0v) is 13.9. The molecule has 0 spiro atoms. The van der Waals surface area contributed by atoms with Crippen LogP contribution in [0, 0.1) is 0 Å². The van der Waals surface area contributed by atoms with Crippen molar-refractivity contribution in [3.63, 3.8) is 0 Å². The van der Waals surface area contributed by atoms with Gasteiger partial charge in [0.15, 0.2) is 0 Å². The summed E-state index contributed by atoms with van der Waals surface area (Å²) in [5.41, 5.74) is 3.30. The van der Waals surface area contributed by atoms with E-state index in [-0.39, 0.29) is 10.6 Å². The Morgan fingerprint density at radius 2 is 1.83 bits per heavy atom. The molecule has 1 aliphatic rings. The largest absolute Gasteiger partial charge is 0.478 e. The molecule has 3 nitrogen and oxygen atoms in total. The van der Waals surface area contributed by atoms with E-state index in [2.05, 4.69) is 24.0 Å². The van der Waals surface area contributed by atoms with Gasteiger partial charge in [-0.2, -0.15) is 0 Å². The highest BCUT2D eigenvalue weighted by Gasteiger charge is 2.19. The molecule has 3 rings (SSSR count). The zero-order chi connectivity index (χ0) is 16.4. The molecule has 0 unspecified atom stereocenters. The zero-order valence-electron chi connectivity index (χ0n) is 13.1. The van der Waals surface area contributed by atoms with Gasteiger partial charge in [0.05, 0.1) is 10.6 Å². The smallest absolute Gasteiger partial charge is 0.337 e. The van der Waals surface area contributed by atoms with Crippen LogP contribution in [-0.2, 0) is 0 Å². The Hall–Kier alpha value is -1.84. The molecule has 1 atom stereocenters. The molecule has 1 heterocycles. The molecule has 0 aromatic heterocycles. The van der Waals surface area contributed by atoms with Gasteiger partial charge >= 0.3 is 5.97 Å². The first-order chi connectivity index (χ1) is 11.1. The number of hydrogen-bond donors (Lipinski definition) is 1. The first-order valence-electron chi connectivity index (χ1n) is 7.93. The maximum Gasteiger partial charge on any atom is 0.337 e. The van der Waals surface area contributed by atoms with E-state index in [1.165, 1.54) is 18.4 Å². The van der Waals surface area contributed by atoms with E-state index in [0.717, 1.165) is 24.2 Å². The number of benzene rings is 2. The first-order valence-corrected chi connectivity index (χ1v) is 8.31. The monoisotopic (exact) mass is 329 g/mol. The minimum Gasteiger partial charge on any atom is -0.478 e. The second kappa shape index (κ2) is 6.73. The van der Waals surface area contributed by atoms with E-state index in [1.54, 1.807) is 12.1 Å². The van der Waals surface area contributed by atoms with Gasteiger partial charge in [-0.25, -0.2) is 4.79 Å². The van der Waals surface area contributed by atoms with Crippen LogP contribution in [0.4, 0.5) is 0 Å². The minimum atomic E-state index is -1.00. The summed E-state index contributed by atoms with van der Waals surface area (Å²) in [4.78, 5) is 13.8. The van der Waals surface area contributed by atoms with Crippen LogP contribution in [0.2, 0.25) is 5.02 Å². The lowest BCUT2D eigenvalue weighted by Gasteiger charge is -2.24. The predicted molar refractivity (Wildman–Crippen MR) is 93.1 cm³/mol. The molecule has 0 radical (unpaired) electrons. The maximum absolute atomic E-state index is 11.3. The lowest BCUT2D eigenvalue weighted by molar-refractivity contribution is 0.0697. The second-order valence-corrected chi connectivity index (χ2v) is 6.45. The number of hydrogen-bond acceptors (Lipinski definition) is 2. The van der Waals surface area contributed by atoms with Gasteiger partial charge in [0.25, 0.3) is 0 Å². The maximum atomic E-state index is 11.3. The average molecular weight is 330 g/mol. The molecule has 0 amide bonds. The summed E-state index contributed by atoms with van der Waals surface area (Å²) >= 11 is 5.96. The van der Waals surface area contributed by atoms with E-state index in [9.17, 15) is 9.90 Å². The Morgan fingerprint density at radius 3 is 2.52 bits per heavy atom. The number of carboxylic acid groups (broad SMARTS) is 1. The Balaban J connectivity index is 1.93. The number of carboxylic acids is 1. The molecule has 1 N–H and O–H groups in total. The quantitative estimate of drug-likeness (QED) is 0.870. The highest BCUT2D eigenvalue weighted by molar-refractivity contribution is 6.33. The Morgan fingerprint density at radius 1 is 1.13 bits per heavy atom. The second-order valence-electron chi connectivity index (χ2n) is 6.04. The Bertz CT molecular complexity index is 723. The van der Waals surface area contributed by atoms with Crippen LogP contribution in [0.15, 0.2) is 42.5 Å². The number of nitrogens with zero attached hydrogens (tertiary/aromatic N) is 1. The molecule has 0 saturated carbocycles. The normalized spacial score (nSPS) is 16.4. The fourth-order valence-corrected chi connectivity index (χ4v) is 3.38. The molecule has 1 aliphatic heterocycles. The van der Waals surface area contributed by atoms with E-state index in [0.29, 0.717) is 6.04 Å². The lowest BCUT2D eigenvalue weighted by atomic mass is 9.98. The summed E-state index contributed by atoms with van der Waals surface area (Å²) in [7, 11) is 0. The van der Waals surface area contributed by atoms with Gasteiger partial charge in [-0.05, 0) is 67.7 Å². The number of rotatable bonds is 4. The molecule has 23 heavy (non-hydrogen) atoms. The lowest BCUT2D eigenvalue weighted by Crippen LogP contribution is -2.23. The molecule has 0 bridgehead atoms. The van der Waals surface area contributed by atoms with Crippen molar-refractivity contribution in [2.45, 2.75) is 25.8 Å². The molecular formula is C19H20ClNO2. The fraction of sp³-hybridized carbons (Fsp3) is 0.316. The van der Waals surface area contributed by atoms with Crippen LogP contribution in [0.25, 0.3) is 11.1 Å². The molecular weight excluding hydrogens is 310 g/mol. The molecule has 1 fully saturated rings. The van der Waals surface area contributed by atoms with Crippen molar-refractivity contribution in [1.29, 1.82) is 0 Å². The van der Waals surface area contributed by atoms with Gasteiger partial charge in [0, 0.05) is 6.04 Å². The molecule has 1 saturated heterocycles. The highest BCUT2D eigenvalue weighted by Crippen LogP contribution is 2.30. The molecule has 2 aromatic carbocycles. The fourth-order valence-electron chi connectivity index (χ4n) is 3.19. The Kier molecular flexibility index (Phi) is 4.69. The van der Waals surface area contributed by atoms with Gasteiger partial charge < -0.3 is 5.11 Å². The standard InChI is InChI=1S/C19H20ClNO2/c1-13(21-9-2-3-10-21)14-5-4-6-15(11-14)16-7-8-18(20)17(12-16)19(22)23/h4-8,11-13H,2-3,9-10H2,1H3,(H,22,23)/t13-/m1/s1. The van der Waals surface area contributed by atoms with Crippen molar-refractivity contribution >= 4 is 17.6 Å². The molecule has 2 aromatic rings. The summed E-state index contributed by atoms with van der Waals surface area (Å²) in [5.74, 6) is -1.00. The third kappa shape index (κ3) is 3.41. The number of aromatic carboxylic acids is 1. The summed E-state index contributed by atoms with van der Waals surface area (Å²) in [6.07, 6.45) is 2.53. The van der Waals surface area contributed by atoms with Gasteiger partial charge in [0.1, 0.15) is 0 Å². The van der Waals surface area contributed by atoms with Gasteiger partial charge in [-0.1, -0.05) is 35.9 Å². The van der Waals surface area contributed by atoms with Crippen LogP contribution in [-0.4, -0.2) is 29.1 Å². The van der Waals surface area contributed by atoms with Crippen LogP contribution in [0.5, 0.6) is 0 Å². The highest BCUT2D eigenvalue weighted by atomic mass is 35.5. The Labute approximate surface area is 141 Å². The third-order valence-corrected chi connectivity index (χ3v) is 4.92. The molecule has 0 aliphatic carbocycles. The van der Waals surface area contributed by atoms with Crippen LogP contribution in [0.3, 0.4) is 0 Å². The minimum absolute atomic E-state index is 0.141. The van der Waals surface area contributed by atoms with Gasteiger partial charge in [0.2, 0.25) is 0 Å². The van der Waals surface area contributed by atoms with Crippen molar-refractivity contribution in [2.75, 3.05) is 13.1 Å². The summed E-state index contributed by atoms with van der Waals surface area (Å²) < 4.78 is 0. The van der Waals surface area contributed by atoms with Crippen molar-refractivity contribution in [1.82, 2.24) is 4.90 Å². The van der Waals surface area contributed by atoms with E-state index < -0.39 is 5.97 Å². The third-order valence-electron chi connectivity index (χ3n) is 4.59. The number of carbonyl (C=O) groups is 1. The molecule has 120 valence electrons. The van der Waals surface area contributed by atoms with Crippen LogP contribution < -0.4 is 0 Å². The number of likely N-dealkylation sites (tertiary alicyclic amines) is 1. The van der Waals surface area contributed by atoms with Crippen molar-refractivity contribution < 1.29 is 9.90 Å². The van der Waals surface area contributed by atoms with Gasteiger partial charge in [-0.3, -0.25) is 4.90 Å². The van der Waals surface area contributed by atoms with E-state index in [4.69, 9.17) is 11.6 Å². The van der Waals surface area contributed by atoms with E-state index in [1.807, 2.05) is 18.2 Å². The summed E-state index contributed by atoms with van der Waals surface area (Å²) in [6, 6.07) is 13.9. The summed E-state index contributed by atoms with van der Waals surface area (Å²) in [6.45, 7) is 4.53. The van der Waals surface area contributed by atoms with E-state index >= 15 is 0 Å². The van der Waals surface area contributed by atoms with Gasteiger partial charge in [-0.15, -0.1) is 0 Å². The molecule has 4 heteroatoms. The van der Waals surface area contributed by atoms with Crippen molar-refractivity contribution in [3.05, 3.63) is 58.6 Å². The van der Waals surface area contributed by atoms with Crippen LogP contribution >= 0.6 is 11.6 Å².